The summed E-state index contributed by atoms with van der Waals surface area (Å²) in [4.78, 5) is 3.54. The Morgan fingerprint density at radius 1 is 1.30 bits per heavy atom. The first-order chi connectivity index (χ1) is 9.09. The Hall–Kier alpha value is -1.13. The van der Waals surface area contributed by atoms with Gasteiger partial charge in [-0.25, -0.2) is 13.5 Å². The quantitative estimate of drug-likeness (QED) is 0.799. The molecule has 0 saturated heterocycles. The van der Waals surface area contributed by atoms with E-state index >= 15 is 0 Å². The lowest BCUT2D eigenvalue weighted by Gasteiger charge is -2.09. The van der Waals surface area contributed by atoms with Crippen molar-refractivity contribution in [2.75, 3.05) is 0 Å². The predicted octanol–water partition coefficient (Wildman–Crippen LogP) is 3.18. The van der Waals surface area contributed by atoms with Gasteiger partial charge >= 0.3 is 6.18 Å². The van der Waals surface area contributed by atoms with E-state index in [0.717, 1.165) is 6.07 Å². The average Bonchev–Trinajstić information content (AvgIpc) is 2.77. The van der Waals surface area contributed by atoms with Crippen LogP contribution in [-0.4, -0.2) is 23.6 Å². The Morgan fingerprint density at radius 2 is 1.95 bits per heavy atom. The van der Waals surface area contributed by atoms with Crippen LogP contribution in [0, 0.1) is 0 Å². The molecule has 0 aliphatic rings. The zero-order valence-electron chi connectivity index (χ0n) is 9.24. The van der Waals surface area contributed by atoms with Crippen molar-refractivity contribution in [2.45, 2.75) is 11.3 Å². The molecule has 0 saturated carbocycles. The molecule has 0 amide bonds. The highest BCUT2D eigenvalue weighted by atomic mass is 79.9. The highest BCUT2D eigenvalue weighted by Gasteiger charge is 2.33. The molecule has 1 aromatic carbocycles. The van der Waals surface area contributed by atoms with Crippen LogP contribution in [0.2, 0.25) is 0 Å². The Kier molecular flexibility index (Phi) is 3.82. The summed E-state index contributed by atoms with van der Waals surface area (Å²) in [5, 5.41) is 4.93. The second kappa shape index (κ2) is 5.01. The Morgan fingerprint density at radius 3 is 2.45 bits per heavy atom. The lowest BCUT2D eigenvalue weighted by atomic mass is 10.1. The molecule has 1 heterocycles. The molecule has 0 aliphatic carbocycles. The molecule has 0 aliphatic heterocycles. The Bertz CT molecular complexity index is 760. The first kappa shape index (κ1) is 15.3. The minimum absolute atomic E-state index is 0.00309. The minimum Gasteiger partial charge on any atom is -0.248 e. The van der Waals surface area contributed by atoms with Gasteiger partial charge in [-0.15, -0.1) is 0 Å². The van der Waals surface area contributed by atoms with Gasteiger partial charge in [0.15, 0.2) is 5.82 Å². The zero-order valence-corrected chi connectivity index (χ0v) is 12.4. The molecule has 20 heavy (non-hydrogen) atoms. The monoisotopic (exact) mass is 389 g/mol. The molecule has 0 atom stereocenters. The van der Waals surface area contributed by atoms with Crippen molar-refractivity contribution in [3.8, 4) is 11.4 Å². The summed E-state index contributed by atoms with van der Waals surface area (Å²) in [6, 6.07) is 3.29. The van der Waals surface area contributed by atoms with Gasteiger partial charge in [0, 0.05) is 20.7 Å². The molecule has 0 fully saturated rings. The average molecular weight is 391 g/mol. The van der Waals surface area contributed by atoms with Crippen molar-refractivity contribution in [2.24, 2.45) is 0 Å². The van der Waals surface area contributed by atoms with Gasteiger partial charge in [-0.2, -0.15) is 23.3 Å². The van der Waals surface area contributed by atoms with E-state index in [-0.39, 0.29) is 15.9 Å². The maximum atomic E-state index is 12.7. The number of aromatic nitrogens is 3. The van der Waals surface area contributed by atoms with E-state index in [1.807, 2.05) is 5.10 Å². The fourth-order valence-corrected chi connectivity index (χ4v) is 2.40. The zero-order chi connectivity index (χ0) is 15.1. The van der Waals surface area contributed by atoms with E-state index in [1.165, 1.54) is 12.1 Å². The van der Waals surface area contributed by atoms with Crippen LogP contribution in [0.5, 0.6) is 0 Å². The number of hydrogen-bond donors (Lipinski definition) is 1. The topological polar surface area (TPSA) is 75.7 Å². The van der Waals surface area contributed by atoms with Crippen molar-refractivity contribution < 1.29 is 21.6 Å². The SMILES string of the molecule is O=S(=O)(Cl)c1nc(-c2ccc(Br)c(C(F)(F)F)c2)n[nH]1. The molecule has 0 radical (unpaired) electrons. The summed E-state index contributed by atoms with van der Waals surface area (Å²) in [7, 11) is 0.914. The van der Waals surface area contributed by atoms with Gasteiger partial charge in [0.05, 0.1) is 5.56 Å². The van der Waals surface area contributed by atoms with E-state index in [9.17, 15) is 21.6 Å². The summed E-state index contributed by atoms with van der Waals surface area (Å²) in [5.41, 5.74) is -0.918. The van der Waals surface area contributed by atoms with Crippen LogP contribution < -0.4 is 0 Å². The van der Waals surface area contributed by atoms with Crippen LogP contribution in [0.4, 0.5) is 13.2 Å². The lowest BCUT2D eigenvalue weighted by Crippen LogP contribution is -2.06. The van der Waals surface area contributed by atoms with E-state index < -0.39 is 25.9 Å². The van der Waals surface area contributed by atoms with Crippen LogP contribution in [-0.2, 0) is 15.2 Å². The third-order valence-corrected chi connectivity index (χ3v) is 4.00. The molecule has 1 aromatic heterocycles. The minimum atomic E-state index is -4.56. The normalized spacial score (nSPS) is 12.7. The molecule has 0 unspecified atom stereocenters. The van der Waals surface area contributed by atoms with Crippen molar-refractivity contribution in [3.05, 3.63) is 28.2 Å². The van der Waals surface area contributed by atoms with E-state index in [0.29, 0.717) is 0 Å². The molecule has 5 nitrogen and oxygen atoms in total. The molecule has 0 spiro atoms. The van der Waals surface area contributed by atoms with Gasteiger partial charge in [0.2, 0.25) is 0 Å². The van der Waals surface area contributed by atoms with Gasteiger partial charge in [0.25, 0.3) is 14.2 Å². The first-order valence-electron chi connectivity index (χ1n) is 4.83. The number of rotatable bonds is 2. The largest absolute Gasteiger partial charge is 0.417 e. The summed E-state index contributed by atoms with van der Waals surface area (Å²) < 4.78 is 60.1. The second-order valence-electron chi connectivity index (χ2n) is 3.59. The Labute approximate surface area is 123 Å². The van der Waals surface area contributed by atoms with Gasteiger partial charge in [-0.1, -0.05) is 15.9 Å². The van der Waals surface area contributed by atoms with Crippen LogP contribution >= 0.6 is 26.6 Å². The summed E-state index contributed by atoms with van der Waals surface area (Å²) >= 11 is 2.79. The molecular weight excluding hydrogens is 387 g/mol. The number of hydrogen-bond acceptors (Lipinski definition) is 4. The van der Waals surface area contributed by atoms with Gasteiger partial charge in [-0.3, -0.25) is 0 Å². The number of nitrogens with zero attached hydrogens (tertiary/aromatic N) is 2. The smallest absolute Gasteiger partial charge is 0.248 e. The molecule has 108 valence electrons. The molecular formula is C9H4BrClF3N3O2S. The maximum Gasteiger partial charge on any atom is 0.417 e. The highest BCUT2D eigenvalue weighted by molar-refractivity contribution is 9.10. The maximum absolute atomic E-state index is 12.7. The number of H-pyrrole nitrogens is 1. The molecule has 2 aromatic rings. The standard InChI is InChI=1S/C9H4BrClF3N3O2S/c10-6-2-1-4(3-5(6)9(12,13)14)7-15-8(17-16-7)20(11,18)19/h1-3H,(H,15,16,17). The number of nitrogens with one attached hydrogen (secondary N) is 1. The van der Waals surface area contributed by atoms with Crippen molar-refractivity contribution in [1.29, 1.82) is 0 Å². The first-order valence-corrected chi connectivity index (χ1v) is 7.93. The van der Waals surface area contributed by atoms with E-state index in [4.69, 9.17) is 10.7 Å². The summed E-state index contributed by atoms with van der Waals surface area (Å²) in [6.07, 6.45) is -4.56. The molecule has 2 rings (SSSR count). The number of aromatic amines is 1. The van der Waals surface area contributed by atoms with Crippen LogP contribution in [0.3, 0.4) is 0 Å². The van der Waals surface area contributed by atoms with Crippen LogP contribution in [0.15, 0.2) is 27.8 Å². The molecule has 1 N–H and O–H groups in total. The van der Waals surface area contributed by atoms with Gasteiger partial charge in [-0.05, 0) is 18.2 Å². The van der Waals surface area contributed by atoms with E-state index in [1.54, 1.807) is 0 Å². The fourth-order valence-electron chi connectivity index (χ4n) is 1.37. The molecule has 0 bridgehead atoms. The lowest BCUT2D eigenvalue weighted by molar-refractivity contribution is -0.138. The van der Waals surface area contributed by atoms with Crippen molar-refractivity contribution in [1.82, 2.24) is 15.2 Å². The van der Waals surface area contributed by atoms with Crippen molar-refractivity contribution >= 4 is 35.7 Å². The van der Waals surface area contributed by atoms with Gasteiger partial charge in [0.1, 0.15) is 0 Å². The highest BCUT2D eigenvalue weighted by Crippen LogP contribution is 2.36. The second-order valence-corrected chi connectivity index (χ2v) is 6.93. The number of halogens is 5. The third kappa shape index (κ3) is 3.13. The van der Waals surface area contributed by atoms with Gasteiger partial charge < -0.3 is 0 Å². The van der Waals surface area contributed by atoms with Crippen LogP contribution in [0.1, 0.15) is 5.56 Å². The fraction of sp³-hybridized carbons (Fsp3) is 0.111. The summed E-state index contributed by atoms with van der Waals surface area (Å²) in [5.74, 6) is -0.206. The Balaban J connectivity index is 2.52. The van der Waals surface area contributed by atoms with Crippen molar-refractivity contribution in [3.63, 3.8) is 0 Å². The predicted molar refractivity (Wildman–Crippen MR) is 67.6 cm³/mol. The third-order valence-electron chi connectivity index (χ3n) is 2.23. The summed E-state index contributed by atoms with van der Waals surface area (Å²) in [6.45, 7) is 0. The van der Waals surface area contributed by atoms with Crippen LogP contribution in [0.25, 0.3) is 11.4 Å². The molecule has 11 heteroatoms. The number of alkyl halides is 3. The number of benzene rings is 1. The van der Waals surface area contributed by atoms with E-state index in [2.05, 4.69) is 26.0 Å².